The van der Waals surface area contributed by atoms with Crippen LogP contribution < -0.4 is 15.2 Å². The maximum atomic E-state index is 13.2. The summed E-state index contributed by atoms with van der Waals surface area (Å²) >= 11 is 0. The molecular formula is C27H30N4O2. The van der Waals surface area contributed by atoms with Gasteiger partial charge in [0.1, 0.15) is 6.54 Å². The summed E-state index contributed by atoms with van der Waals surface area (Å²) < 4.78 is 0. The van der Waals surface area contributed by atoms with Gasteiger partial charge in [0.25, 0.3) is 11.8 Å². The number of aryl methyl sites for hydroxylation is 1. The lowest BCUT2D eigenvalue weighted by molar-refractivity contribution is -0.119. The quantitative estimate of drug-likeness (QED) is 0.388. The van der Waals surface area contributed by atoms with Crippen LogP contribution >= 0.6 is 0 Å². The molecular weight excluding hydrogens is 412 g/mol. The molecule has 2 amide bonds. The predicted molar refractivity (Wildman–Crippen MR) is 135 cm³/mol. The van der Waals surface area contributed by atoms with E-state index in [1.807, 2.05) is 61.5 Å². The number of hydrogen-bond acceptors (Lipinski definition) is 4. The van der Waals surface area contributed by atoms with E-state index in [4.69, 9.17) is 0 Å². The molecule has 0 aromatic heterocycles. The molecule has 0 bridgehead atoms. The molecule has 3 aromatic rings. The molecule has 6 nitrogen and oxygen atoms in total. The van der Waals surface area contributed by atoms with Crippen LogP contribution in [0.25, 0.3) is 0 Å². The van der Waals surface area contributed by atoms with E-state index in [0.29, 0.717) is 11.3 Å². The molecule has 3 rings (SSSR count). The normalized spacial score (nSPS) is 10.8. The second-order valence-electron chi connectivity index (χ2n) is 7.60. The zero-order chi connectivity index (χ0) is 23.6. The largest absolute Gasteiger partial charge is 0.372 e. The summed E-state index contributed by atoms with van der Waals surface area (Å²) in [6, 6.07) is 24.4. The van der Waals surface area contributed by atoms with Crippen molar-refractivity contribution in [3.8, 4) is 0 Å². The summed E-state index contributed by atoms with van der Waals surface area (Å²) in [5.74, 6) is -0.616. The molecule has 1 N–H and O–H groups in total. The molecule has 0 saturated carbocycles. The summed E-state index contributed by atoms with van der Waals surface area (Å²) in [7, 11) is 0. The van der Waals surface area contributed by atoms with E-state index < -0.39 is 0 Å². The predicted octanol–water partition coefficient (Wildman–Crippen LogP) is 4.64. The smallest absolute Gasteiger partial charge is 0.260 e. The van der Waals surface area contributed by atoms with Crippen molar-refractivity contribution in [2.24, 2.45) is 5.10 Å². The summed E-state index contributed by atoms with van der Waals surface area (Å²) in [4.78, 5) is 29.6. The second-order valence-corrected chi connectivity index (χ2v) is 7.60. The van der Waals surface area contributed by atoms with Gasteiger partial charge in [-0.05, 0) is 62.2 Å². The fourth-order valence-electron chi connectivity index (χ4n) is 3.59. The molecule has 0 atom stereocenters. The molecule has 0 aliphatic rings. The standard InChI is InChI=1S/C27H30N4O2/c1-4-30(5-2)24-17-15-22(16-18-24)19-28-29-26(32)20-31(25-14-10-9-11-21(25)3)27(33)23-12-7-6-8-13-23/h6-19H,4-5,20H2,1-3H3,(H,29,32). The zero-order valence-electron chi connectivity index (χ0n) is 19.4. The molecule has 0 unspecified atom stereocenters. The average Bonchev–Trinajstić information content (AvgIpc) is 2.85. The van der Waals surface area contributed by atoms with E-state index >= 15 is 0 Å². The number of carbonyl (C=O) groups is 2. The minimum atomic E-state index is -0.376. The number of carbonyl (C=O) groups excluding carboxylic acids is 2. The zero-order valence-corrected chi connectivity index (χ0v) is 19.4. The Morgan fingerprint density at radius 3 is 2.15 bits per heavy atom. The average molecular weight is 443 g/mol. The molecule has 0 aliphatic carbocycles. The number of benzene rings is 3. The lowest BCUT2D eigenvalue weighted by Gasteiger charge is -2.23. The van der Waals surface area contributed by atoms with Crippen LogP contribution in [0.4, 0.5) is 11.4 Å². The lowest BCUT2D eigenvalue weighted by atomic mass is 10.1. The Kier molecular flexibility index (Phi) is 8.36. The van der Waals surface area contributed by atoms with Gasteiger partial charge in [-0.1, -0.05) is 48.5 Å². The molecule has 0 aliphatic heterocycles. The second kappa shape index (κ2) is 11.6. The van der Waals surface area contributed by atoms with Gasteiger partial charge in [-0.25, -0.2) is 5.43 Å². The van der Waals surface area contributed by atoms with E-state index in [-0.39, 0.29) is 18.4 Å². The van der Waals surface area contributed by atoms with Crippen LogP contribution in [-0.2, 0) is 4.79 Å². The van der Waals surface area contributed by atoms with Crippen molar-refractivity contribution in [3.05, 3.63) is 95.6 Å². The first kappa shape index (κ1) is 23.7. The molecule has 0 saturated heterocycles. The molecule has 0 heterocycles. The molecule has 0 fully saturated rings. The number of anilines is 2. The molecule has 0 spiro atoms. The number of para-hydroxylation sites is 1. The first-order valence-corrected chi connectivity index (χ1v) is 11.1. The van der Waals surface area contributed by atoms with E-state index in [0.717, 1.165) is 29.9 Å². The third kappa shape index (κ3) is 6.29. The fraction of sp³-hybridized carbons (Fsp3) is 0.222. The van der Waals surface area contributed by atoms with Crippen molar-refractivity contribution in [1.82, 2.24) is 5.43 Å². The number of nitrogens with one attached hydrogen (secondary N) is 1. The maximum absolute atomic E-state index is 13.2. The number of rotatable bonds is 9. The van der Waals surface area contributed by atoms with Crippen molar-refractivity contribution in [2.45, 2.75) is 20.8 Å². The van der Waals surface area contributed by atoms with Crippen molar-refractivity contribution in [1.29, 1.82) is 0 Å². The highest BCUT2D eigenvalue weighted by atomic mass is 16.2. The first-order valence-electron chi connectivity index (χ1n) is 11.1. The number of amides is 2. The summed E-state index contributed by atoms with van der Waals surface area (Å²) in [6.07, 6.45) is 1.60. The van der Waals surface area contributed by atoms with Crippen LogP contribution in [0.5, 0.6) is 0 Å². The van der Waals surface area contributed by atoms with Crippen LogP contribution in [0.3, 0.4) is 0 Å². The molecule has 3 aromatic carbocycles. The molecule has 6 heteroatoms. The van der Waals surface area contributed by atoms with Crippen LogP contribution in [0.2, 0.25) is 0 Å². The van der Waals surface area contributed by atoms with E-state index in [1.54, 1.807) is 30.5 Å². The molecule has 170 valence electrons. The minimum absolute atomic E-state index is 0.142. The van der Waals surface area contributed by atoms with Gasteiger partial charge in [-0.2, -0.15) is 5.10 Å². The third-order valence-electron chi connectivity index (χ3n) is 5.40. The van der Waals surface area contributed by atoms with Crippen LogP contribution in [0.1, 0.15) is 35.3 Å². The van der Waals surface area contributed by atoms with Gasteiger partial charge in [0, 0.05) is 30.0 Å². The minimum Gasteiger partial charge on any atom is -0.372 e. The van der Waals surface area contributed by atoms with E-state index in [2.05, 4.69) is 29.3 Å². The lowest BCUT2D eigenvalue weighted by Crippen LogP contribution is -2.40. The number of hydrazone groups is 1. The Morgan fingerprint density at radius 2 is 1.52 bits per heavy atom. The summed E-state index contributed by atoms with van der Waals surface area (Å²) in [6.45, 7) is 7.90. The Bertz CT molecular complexity index is 1090. The highest BCUT2D eigenvalue weighted by Gasteiger charge is 2.21. The van der Waals surface area contributed by atoms with Gasteiger partial charge in [0.2, 0.25) is 0 Å². The van der Waals surface area contributed by atoms with Gasteiger partial charge >= 0.3 is 0 Å². The first-order chi connectivity index (χ1) is 16.0. The van der Waals surface area contributed by atoms with E-state index in [9.17, 15) is 9.59 Å². The van der Waals surface area contributed by atoms with Crippen molar-refractivity contribution >= 4 is 29.4 Å². The highest BCUT2D eigenvalue weighted by molar-refractivity contribution is 6.09. The van der Waals surface area contributed by atoms with Gasteiger partial charge in [-0.3, -0.25) is 14.5 Å². The van der Waals surface area contributed by atoms with Gasteiger partial charge in [0.05, 0.1) is 6.21 Å². The summed E-state index contributed by atoms with van der Waals surface area (Å²) in [5, 5.41) is 4.08. The Labute approximate surface area is 195 Å². The van der Waals surface area contributed by atoms with Crippen molar-refractivity contribution in [2.75, 3.05) is 29.4 Å². The number of hydrogen-bond donors (Lipinski definition) is 1. The van der Waals surface area contributed by atoms with Crippen LogP contribution in [-0.4, -0.2) is 37.7 Å². The van der Waals surface area contributed by atoms with Gasteiger partial charge in [0.15, 0.2) is 0 Å². The Balaban J connectivity index is 1.70. The summed E-state index contributed by atoms with van der Waals surface area (Å²) in [5.41, 5.74) is 6.69. The molecule has 33 heavy (non-hydrogen) atoms. The van der Waals surface area contributed by atoms with Crippen molar-refractivity contribution < 1.29 is 9.59 Å². The van der Waals surface area contributed by atoms with Crippen molar-refractivity contribution in [3.63, 3.8) is 0 Å². The Morgan fingerprint density at radius 1 is 0.879 bits per heavy atom. The topological polar surface area (TPSA) is 65.0 Å². The van der Waals surface area contributed by atoms with Crippen LogP contribution in [0.15, 0.2) is 84.0 Å². The fourth-order valence-corrected chi connectivity index (χ4v) is 3.59. The third-order valence-corrected chi connectivity index (χ3v) is 5.40. The number of nitrogens with zero attached hydrogens (tertiary/aromatic N) is 3. The van der Waals surface area contributed by atoms with Gasteiger partial charge < -0.3 is 4.90 Å². The van der Waals surface area contributed by atoms with E-state index in [1.165, 1.54) is 4.90 Å². The Hall–Kier alpha value is -3.93. The highest BCUT2D eigenvalue weighted by Crippen LogP contribution is 2.21. The monoisotopic (exact) mass is 442 g/mol. The van der Waals surface area contributed by atoms with Crippen LogP contribution in [0, 0.1) is 6.92 Å². The molecule has 0 radical (unpaired) electrons. The maximum Gasteiger partial charge on any atom is 0.260 e. The SMILES string of the molecule is CCN(CC)c1ccc(C=NNC(=O)CN(C(=O)c2ccccc2)c2ccccc2C)cc1. The van der Waals surface area contributed by atoms with Gasteiger partial charge in [-0.15, -0.1) is 0 Å².